The fraction of sp³-hybridized carbons (Fsp3) is 0.158. The molecular formula is C19H17ClNO3+. The zero-order valence-corrected chi connectivity index (χ0v) is 13.8. The number of benzene rings is 2. The van der Waals surface area contributed by atoms with Crippen LogP contribution in [0, 0.1) is 0 Å². The van der Waals surface area contributed by atoms with E-state index in [-0.39, 0.29) is 0 Å². The van der Waals surface area contributed by atoms with Crippen molar-refractivity contribution in [2.45, 2.75) is 13.1 Å². The molecule has 5 heteroatoms. The minimum atomic E-state index is 0.307. The summed E-state index contributed by atoms with van der Waals surface area (Å²) >= 11 is 6.03. The van der Waals surface area contributed by atoms with Gasteiger partial charge in [0.1, 0.15) is 18.8 Å². The molecule has 4 nitrogen and oxygen atoms in total. The van der Waals surface area contributed by atoms with Crippen LogP contribution in [0.3, 0.4) is 0 Å². The normalized spacial score (nSPS) is 12.5. The molecule has 1 aromatic heterocycles. The molecule has 0 aliphatic carbocycles. The van der Waals surface area contributed by atoms with Gasteiger partial charge in [-0.3, -0.25) is 0 Å². The van der Waals surface area contributed by atoms with Gasteiger partial charge in [-0.1, -0.05) is 23.7 Å². The number of hydrogen-bond acceptors (Lipinski definition) is 3. The summed E-state index contributed by atoms with van der Waals surface area (Å²) in [6.45, 7) is 1.93. The Balaban J connectivity index is 1.37. The Labute approximate surface area is 145 Å². The van der Waals surface area contributed by atoms with Crippen molar-refractivity contribution in [1.29, 1.82) is 0 Å². The molecule has 3 aromatic rings. The van der Waals surface area contributed by atoms with Crippen LogP contribution >= 0.6 is 11.6 Å². The third-order valence-electron chi connectivity index (χ3n) is 3.93. The summed E-state index contributed by atoms with van der Waals surface area (Å²) in [5.74, 6) is 3.41. The first-order valence-corrected chi connectivity index (χ1v) is 8.20. The van der Waals surface area contributed by atoms with Gasteiger partial charge in [0.25, 0.3) is 0 Å². The van der Waals surface area contributed by atoms with Crippen molar-refractivity contribution in [1.82, 2.24) is 0 Å². The Bertz CT molecular complexity index is 859. The second-order valence-corrected chi connectivity index (χ2v) is 6.10. The molecule has 0 saturated carbocycles. The fourth-order valence-electron chi connectivity index (χ4n) is 2.73. The van der Waals surface area contributed by atoms with E-state index < -0.39 is 0 Å². The van der Waals surface area contributed by atoms with Crippen molar-refractivity contribution in [2.24, 2.45) is 0 Å². The number of fused-ring (bicyclic) bond motifs is 1. The molecule has 0 radical (unpaired) electrons. The van der Waals surface area contributed by atoms with Crippen molar-refractivity contribution in [3.8, 4) is 22.8 Å². The molecule has 0 unspecified atom stereocenters. The lowest BCUT2D eigenvalue weighted by atomic mass is 10.2. The van der Waals surface area contributed by atoms with Gasteiger partial charge < -0.3 is 19.2 Å². The second kappa shape index (κ2) is 6.59. The number of ether oxygens (including phenoxy) is 2. The Morgan fingerprint density at radius 2 is 1.83 bits per heavy atom. The third-order valence-corrected chi connectivity index (χ3v) is 4.17. The molecule has 0 amide bonds. The van der Waals surface area contributed by atoms with E-state index in [4.69, 9.17) is 25.5 Å². The molecule has 2 heterocycles. The number of rotatable bonds is 5. The average Bonchev–Trinajstić information content (AvgIpc) is 3.23. The lowest BCUT2D eigenvalue weighted by Crippen LogP contribution is -2.80. The quantitative estimate of drug-likeness (QED) is 0.770. The van der Waals surface area contributed by atoms with Crippen LogP contribution in [-0.2, 0) is 13.1 Å². The maximum atomic E-state index is 6.03. The van der Waals surface area contributed by atoms with Gasteiger partial charge in [-0.15, -0.1) is 0 Å². The molecule has 0 bridgehead atoms. The summed E-state index contributed by atoms with van der Waals surface area (Å²) in [5.41, 5.74) is 2.19. The minimum Gasteiger partial charge on any atom is -0.455 e. The van der Waals surface area contributed by atoms with Gasteiger partial charge in [0.05, 0.1) is 0 Å². The first-order valence-electron chi connectivity index (χ1n) is 7.83. The van der Waals surface area contributed by atoms with Crippen molar-refractivity contribution in [3.63, 3.8) is 0 Å². The molecule has 24 heavy (non-hydrogen) atoms. The lowest BCUT2D eigenvalue weighted by Gasteiger charge is -2.02. The molecular weight excluding hydrogens is 326 g/mol. The van der Waals surface area contributed by atoms with E-state index in [1.807, 2.05) is 48.5 Å². The smallest absolute Gasteiger partial charge is 0.231 e. The van der Waals surface area contributed by atoms with Crippen molar-refractivity contribution < 1.29 is 19.2 Å². The van der Waals surface area contributed by atoms with Gasteiger partial charge in [0.2, 0.25) is 6.79 Å². The van der Waals surface area contributed by atoms with E-state index in [0.29, 0.717) is 11.8 Å². The van der Waals surface area contributed by atoms with E-state index >= 15 is 0 Å². The maximum Gasteiger partial charge on any atom is 0.231 e. The third kappa shape index (κ3) is 3.25. The van der Waals surface area contributed by atoms with Gasteiger partial charge in [0.15, 0.2) is 17.3 Å². The Hall–Kier alpha value is -2.43. The van der Waals surface area contributed by atoms with Gasteiger partial charge in [-0.25, -0.2) is 0 Å². The maximum absolute atomic E-state index is 6.03. The van der Waals surface area contributed by atoms with Crippen molar-refractivity contribution >= 4 is 11.6 Å². The minimum absolute atomic E-state index is 0.307. The van der Waals surface area contributed by atoms with Crippen LogP contribution in [0.2, 0.25) is 5.02 Å². The molecule has 2 N–H and O–H groups in total. The van der Waals surface area contributed by atoms with Crippen molar-refractivity contribution in [2.75, 3.05) is 6.79 Å². The highest BCUT2D eigenvalue weighted by molar-refractivity contribution is 6.30. The zero-order valence-electron chi connectivity index (χ0n) is 13.0. The predicted octanol–water partition coefficient (Wildman–Crippen LogP) is 3.59. The number of quaternary nitrogens is 1. The largest absolute Gasteiger partial charge is 0.455 e. The molecule has 0 saturated heterocycles. The van der Waals surface area contributed by atoms with Crippen LogP contribution in [-0.4, -0.2) is 6.79 Å². The molecule has 1 aliphatic rings. The SMILES string of the molecule is Clc1cccc(-c2ccc(C[NH2+]Cc3ccc4c(c3)OCO4)o2)c1. The van der Waals surface area contributed by atoms with E-state index in [9.17, 15) is 0 Å². The van der Waals surface area contributed by atoms with Crippen LogP contribution in [0.25, 0.3) is 11.3 Å². The highest BCUT2D eigenvalue weighted by atomic mass is 35.5. The lowest BCUT2D eigenvalue weighted by molar-refractivity contribution is -0.687. The summed E-state index contributed by atoms with van der Waals surface area (Å²) in [4.78, 5) is 0. The Morgan fingerprint density at radius 3 is 2.75 bits per heavy atom. The van der Waals surface area contributed by atoms with Crippen LogP contribution in [0.1, 0.15) is 11.3 Å². The van der Waals surface area contributed by atoms with E-state index in [2.05, 4.69) is 11.4 Å². The monoisotopic (exact) mass is 342 g/mol. The summed E-state index contributed by atoms with van der Waals surface area (Å²) in [6.07, 6.45) is 0. The van der Waals surface area contributed by atoms with Crippen LogP contribution in [0.5, 0.6) is 11.5 Å². The highest BCUT2D eigenvalue weighted by Crippen LogP contribution is 2.32. The molecule has 0 spiro atoms. The summed E-state index contributed by atoms with van der Waals surface area (Å²) in [7, 11) is 0. The standard InChI is InChI=1S/C19H16ClNO3/c20-15-3-1-2-14(9-15)17-7-5-16(24-17)11-21-10-13-4-6-18-19(8-13)23-12-22-18/h1-9,21H,10-12H2/p+1. The Morgan fingerprint density at radius 1 is 0.917 bits per heavy atom. The van der Waals surface area contributed by atoms with Gasteiger partial charge in [-0.05, 0) is 42.5 Å². The molecule has 2 aromatic carbocycles. The number of halogens is 1. The van der Waals surface area contributed by atoms with Crippen molar-refractivity contribution in [3.05, 3.63) is 70.9 Å². The topological polar surface area (TPSA) is 48.2 Å². The molecule has 4 rings (SSSR count). The first kappa shape index (κ1) is 15.1. The molecule has 0 atom stereocenters. The zero-order chi connectivity index (χ0) is 16.4. The molecule has 0 fully saturated rings. The number of furan rings is 1. The van der Waals surface area contributed by atoms with Gasteiger partial charge in [0, 0.05) is 16.1 Å². The predicted molar refractivity (Wildman–Crippen MR) is 91.1 cm³/mol. The Kier molecular flexibility index (Phi) is 4.15. The summed E-state index contributed by atoms with van der Waals surface area (Å²) in [6, 6.07) is 17.7. The van der Waals surface area contributed by atoms with Crippen LogP contribution in [0.4, 0.5) is 0 Å². The number of hydrogen-bond donors (Lipinski definition) is 1. The molecule has 1 aliphatic heterocycles. The van der Waals surface area contributed by atoms with Gasteiger partial charge >= 0.3 is 0 Å². The summed E-state index contributed by atoms with van der Waals surface area (Å²) < 4.78 is 16.6. The second-order valence-electron chi connectivity index (χ2n) is 5.66. The molecule has 122 valence electrons. The van der Waals surface area contributed by atoms with Crippen LogP contribution in [0.15, 0.2) is 59.0 Å². The van der Waals surface area contributed by atoms with E-state index in [1.54, 1.807) is 0 Å². The van der Waals surface area contributed by atoms with E-state index in [1.165, 1.54) is 5.56 Å². The van der Waals surface area contributed by atoms with E-state index in [0.717, 1.165) is 41.7 Å². The fourth-order valence-corrected chi connectivity index (χ4v) is 2.92. The van der Waals surface area contributed by atoms with Gasteiger partial charge in [-0.2, -0.15) is 0 Å². The highest BCUT2D eigenvalue weighted by Gasteiger charge is 2.13. The number of nitrogens with two attached hydrogens (primary N) is 1. The van der Waals surface area contributed by atoms with Crippen LogP contribution < -0.4 is 14.8 Å². The summed E-state index contributed by atoms with van der Waals surface area (Å²) in [5, 5.41) is 2.90. The average molecular weight is 343 g/mol. The first-order chi connectivity index (χ1) is 11.8.